The Kier molecular flexibility index (Phi) is 49.7. The first-order valence-corrected chi connectivity index (χ1v) is 30.9. The molecular weight excluding hydrogens is 864 g/mol. The van der Waals surface area contributed by atoms with E-state index in [9.17, 15) is 19.4 Å². The van der Waals surface area contributed by atoms with Crippen LogP contribution in [0.3, 0.4) is 0 Å². The number of unbranched alkanes of at least 4 members (excludes halogenated alkanes) is 37. The number of nitrogens with zero attached hydrogens (tertiary/aromatic N) is 1. The summed E-state index contributed by atoms with van der Waals surface area (Å²) >= 11 is 0. The molecular formula is C59H116N2O6P+. The lowest BCUT2D eigenvalue weighted by Crippen LogP contribution is -2.45. The maximum absolute atomic E-state index is 13.0. The fraction of sp³-hybridized carbons (Fsp3) is 0.881. The first kappa shape index (κ1) is 66.7. The summed E-state index contributed by atoms with van der Waals surface area (Å²) in [4.78, 5) is 23.3. The lowest BCUT2D eigenvalue weighted by Gasteiger charge is -2.25. The van der Waals surface area contributed by atoms with Crippen LogP contribution in [-0.4, -0.2) is 73.4 Å². The van der Waals surface area contributed by atoms with Crippen molar-refractivity contribution in [2.24, 2.45) is 0 Å². The average Bonchev–Trinajstić information content (AvgIpc) is 3.30. The molecule has 402 valence electrons. The second-order valence-electron chi connectivity index (χ2n) is 21.4. The number of amides is 1. The van der Waals surface area contributed by atoms with E-state index in [4.69, 9.17) is 9.05 Å². The minimum absolute atomic E-state index is 0.0611. The van der Waals surface area contributed by atoms with E-state index < -0.39 is 20.0 Å². The number of aliphatic hydroxyl groups is 1. The molecule has 3 N–H and O–H groups in total. The van der Waals surface area contributed by atoms with Crippen molar-refractivity contribution in [3.8, 4) is 0 Å². The van der Waals surface area contributed by atoms with Crippen molar-refractivity contribution in [3.05, 3.63) is 36.5 Å². The first-order chi connectivity index (χ1) is 33.0. The number of likely N-dealkylation sites (N-methyl/N-ethyl adjacent to an activating group) is 1. The van der Waals surface area contributed by atoms with Gasteiger partial charge in [0.1, 0.15) is 13.2 Å². The van der Waals surface area contributed by atoms with E-state index in [0.717, 1.165) is 44.9 Å². The van der Waals surface area contributed by atoms with Gasteiger partial charge in [-0.05, 0) is 51.4 Å². The molecule has 0 fully saturated rings. The molecule has 9 heteroatoms. The number of hydrogen-bond donors (Lipinski definition) is 3. The van der Waals surface area contributed by atoms with Crippen LogP contribution in [0.5, 0.6) is 0 Å². The van der Waals surface area contributed by atoms with Crippen LogP contribution in [0.2, 0.25) is 0 Å². The number of carbonyl (C=O) groups excluding carboxylic acids is 1. The molecule has 0 saturated heterocycles. The Labute approximate surface area is 423 Å². The number of hydrogen-bond acceptors (Lipinski definition) is 5. The number of phosphoric ester groups is 1. The molecule has 0 heterocycles. The van der Waals surface area contributed by atoms with Gasteiger partial charge in [-0.1, -0.05) is 262 Å². The Morgan fingerprint density at radius 2 is 0.838 bits per heavy atom. The van der Waals surface area contributed by atoms with E-state index in [1.54, 1.807) is 6.08 Å². The molecule has 0 aliphatic heterocycles. The van der Waals surface area contributed by atoms with Crippen molar-refractivity contribution >= 4 is 13.7 Å². The summed E-state index contributed by atoms with van der Waals surface area (Å²) in [5.74, 6) is -0.178. The highest BCUT2D eigenvalue weighted by molar-refractivity contribution is 7.47. The largest absolute Gasteiger partial charge is 0.472 e. The number of aliphatic hydroxyl groups excluding tert-OH is 1. The molecule has 0 saturated carbocycles. The predicted octanol–water partition coefficient (Wildman–Crippen LogP) is 17.8. The average molecular weight is 981 g/mol. The molecule has 0 radical (unpaired) electrons. The minimum atomic E-state index is -4.35. The Bertz CT molecular complexity index is 1200. The van der Waals surface area contributed by atoms with Crippen molar-refractivity contribution in [2.75, 3.05) is 40.9 Å². The third-order valence-corrected chi connectivity index (χ3v) is 14.3. The number of quaternary nitrogens is 1. The summed E-state index contributed by atoms with van der Waals surface area (Å²) in [6.07, 6.45) is 65.3. The van der Waals surface area contributed by atoms with E-state index in [2.05, 4.69) is 43.5 Å². The van der Waals surface area contributed by atoms with E-state index >= 15 is 0 Å². The summed E-state index contributed by atoms with van der Waals surface area (Å²) in [5.41, 5.74) is 0. The Morgan fingerprint density at radius 1 is 0.500 bits per heavy atom. The van der Waals surface area contributed by atoms with E-state index in [0.29, 0.717) is 17.4 Å². The molecule has 68 heavy (non-hydrogen) atoms. The normalized spacial score (nSPS) is 14.2. The lowest BCUT2D eigenvalue weighted by atomic mass is 10.0. The van der Waals surface area contributed by atoms with Gasteiger partial charge in [0.05, 0.1) is 39.9 Å². The van der Waals surface area contributed by atoms with Gasteiger partial charge in [0.25, 0.3) is 0 Å². The van der Waals surface area contributed by atoms with Gasteiger partial charge in [0, 0.05) is 6.42 Å². The predicted molar refractivity (Wildman–Crippen MR) is 295 cm³/mol. The van der Waals surface area contributed by atoms with E-state index in [-0.39, 0.29) is 19.1 Å². The van der Waals surface area contributed by atoms with Crippen LogP contribution in [-0.2, 0) is 18.4 Å². The van der Waals surface area contributed by atoms with Crippen LogP contribution in [0.15, 0.2) is 36.5 Å². The molecule has 0 aromatic carbocycles. The van der Waals surface area contributed by atoms with Crippen molar-refractivity contribution < 1.29 is 32.9 Å². The number of nitrogens with one attached hydrogen (secondary N) is 1. The summed E-state index contributed by atoms with van der Waals surface area (Å²) in [5, 5.41) is 13.9. The van der Waals surface area contributed by atoms with Gasteiger partial charge in [0.15, 0.2) is 0 Å². The quantitative estimate of drug-likeness (QED) is 0.0243. The molecule has 0 aromatic rings. The molecule has 1 amide bonds. The standard InChI is InChI=1S/C59H115N2O6P/c1-6-8-10-12-14-16-18-20-22-24-26-28-29-30-31-33-35-37-39-41-43-45-47-49-51-53-59(63)60-57(56-67-68(64,65)66-55-54-61(3,4)5)58(62)52-50-48-46-44-42-40-38-36-34-32-27-25-23-21-19-17-15-13-11-9-7-2/h26,28,30-31,50,52,57-58,62H,6-25,27,29,32-49,51,53-56H2,1-5H3,(H-,60,63,64,65)/p+1/b28-26-,31-30-,52-50+. The maximum Gasteiger partial charge on any atom is 0.472 e. The topological polar surface area (TPSA) is 105 Å². The van der Waals surface area contributed by atoms with Gasteiger partial charge in [0.2, 0.25) is 5.91 Å². The fourth-order valence-electron chi connectivity index (χ4n) is 8.72. The Balaban J connectivity index is 4.21. The zero-order valence-electron chi connectivity index (χ0n) is 45.9. The lowest BCUT2D eigenvalue weighted by molar-refractivity contribution is -0.870. The van der Waals surface area contributed by atoms with Gasteiger partial charge in [-0.25, -0.2) is 4.57 Å². The first-order valence-electron chi connectivity index (χ1n) is 29.4. The van der Waals surface area contributed by atoms with Crippen LogP contribution in [0.1, 0.15) is 284 Å². The summed E-state index contributed by atoms with van der Waals surface area (Å²) in [7, 11) is 1.58. The second kappa shape index (κ2) is 50.7. The Hall–Kier alpha value is -1.28. The van der Waals surface area contributed by atoms with Crippen molar-refractivity contribution in [3.63, 3.8) is 0 Å². The monoisotopic (exact) mass is 980 g/mol. The van der Waals surface area contributed by atoms with Crippen LogP contribution >= 0.6 is 7.82 Å². The minimum Gasteiger partial charge on any atom is -0.387 e. The SMILES string of the molecule is CCCCCCCCCCC/C=C\C/C=C\CCCCCCCCCCCC(=O)NC(COP(=O)(O)OCC[N+](C)(C)C)C(O)/C=C/CCCCCCCCCCCCCCCCCCCCC. The second-order valence-corrected chi connectivity index (χ2v) is 22.8. The van der Waals surface area contributed by atoms with Gasteiger partial charge < -0.3 is 19.8 Å². The molecule has 0 aromatic heterocycles. The molecule has 0 spiro atoms. The van der Waals surface area contributed by atoms with Gasteiger partial charge >= 0.3 is 7.82 Å². The van der Waals surface area contributed by atoms with Crippen LogP contribution in [0.4, 0.5) is 0 Å². The van der Waals surface area contributed by atoms with Crippen LogP contribution < -0.4 is 5.32 Å². The van der Waals surface area contributed by atoms with E-state index in [1.807, 2.05) is 27.2 Å². The van der Waals surface area contributed by atoms with Crippen molar-refractivity contribution in [2.45, 2.75) is 296 Å². The molecule has 3 unspecified atom stereocenters. The van der Waals surface area contributed by atoms with Gasteiger partial charge in [-0.15, -0.1) is 0 Å². The summed E-state index contributed by atoms with van der Waals surface area (Å²) in [6, 6.07) is -0.849. The van der Waals surface area contributed by atoms with Gasteiger partial charge in [-0.2, -0.15) is 0 Å². The highest BCUT2D eigenvalue weighted by Gasteiger charge is 2.27. The van der Waals surface area contributed by atoms with Crippen molar-refractivity contribution in [1.82, 2.24) is 5.32 Å². The smallest absolute Gasteiger partial charge is 0.387 e. The summed E-state index contributed by atoms with van der Waals surface area (Å²) < 4.78 is 23.7. The molecule has 0 aliphatic carbocycles. The molecule has 0 bridgehead atoms. The molecule has 3 atom stereocenters. The molecule has 8 nitrogen and oxygen atoms in total. The Morgan fingerprint density at radius 3 is 1.21 bits per heavy atom. The third kappa shape index (κ3) is 52.5. The number of carbonyl (C=O) groups is 1. The zero-order valence-corrected chi connectivity index (χ0v) is 46.8. The van der Waals surface area contributed by atoms with Crippen molar-refractivity contribution in [1.29, 1.82) is 0 Å². The number of phosphoric acid groups is 1. The zero-order chi connectivity index (χ0) is 49.9. The summed E-state index contributed by atoms with van der Waals surface area (Å²) in [6.45, 7) is 4.85. The molecule has 0 aliphatic rings. The highest BCUT2D eigenvalue weighted by atomic mass is 31.2. The third-order valence-electron chi connectivity index (χ3n) is 13.4. The maximum atomic E-state index is 13.0. The van der Waals surface area contributed by atoms with Gasteiger partial charge in [-0.3, -0.25) is 13.8 Å². The van der Waals surface area contributed by atoms with Crippen LogP contribution in [0, 0.1) is 0 Å². The molecule has 0 rings (SSSR count). The number of allylic oxidation sites excluding steroid dienone is 5. The fourth-order valence-corrected chi connectivity index (χ4v) is 9.46. The number of rotatable bonds is 54. The van der Waals surface area contributed by atoms with E-state index in [1.165, 1.54) is 218 Å². The van der Waals surface area contributed by atoms with Crippen LogP contribution in [0.25, 0.3) is 0 Å². The highest BCUT2D eigenvalue weighted by Crippen LogP contribution is 2.43.